The van der Waals surface area contributed by atoms with Gasteiger partial charge in [0, 0.05) is 88.5 Å². The second-order valence-electron chi connectivity index (χ2n) is 20.6. The summed E-state index contributed by atoms with van der Waals surface area (Å²) in [6.07, 6.45) is 9.17. The Hall–Kier alpha value is -5.51. The smallest absolute Gasteiger partial charge is 0.318 e. The Morgan fingerprint density at radius 3 is 2.37 bits per heavy atom. The highest BCUT2D eigenvalue weighted by molar-refractivity contribution is 5.93. The number of likely N-dealkylation sites (tertiary alicyclic amines) is 3. The first-order valence-corrected chi connectivity index (χ1v) is 24.7. The lowest BCUT2D eigenvalue weighted by Crippen LogP contribution is -2.61. The number of piperidine rings is 2. The molecule has 0 aliphatic carbocycles. The van der Waals surface area contributed by atoms with Crippen LogP contribution in [-0.2, 0) is 20.9 Å². The number of piperazine rings is 1. The summed E-state index contributed by atoms with van der Waals surface area (Å²) in [5, 5.41) is 39.5. The Morgan fingerprint density at radius 2 is 1.63 bits per heavy atom. The van der Waals surface area contributed by atoms with Gasteiger partial charge in [0.25, 0.3) is 0 Å². The predicted molar refractivity (Wildman–Crippen MR) is 260 cm³/mol. The molecule has 6 aliphatic rings. The molecule has 2 aromatic carbocycles. The number of terminal acetylenes is 1. The molecule has 0 saturated carbocycles. The number of morpholine rings is 1. The van der Waals surface area contributed by atoms with Crippen molar-refractivity contribution in [2.75, 3.05) is 95.4 Å². The van der Waals surface area contributed by atoms with E-state index >= 15 is 0 Å². The van der Waals surface area contributed by atoms with Gasteiger partial charge < -0.3 is 55.4 Å². The fourth-order valence-corrected chi connectivity index (χ4v) is 11.2. The normalized spacial score (nSPS) is 24.9. The molecular weight excluding hydrogens is 863 g/mol. The van der Waals surface area contributed by atoms with Gasteiger partial charge in [-0.05, 0) is 93.2 Å². The molecule has 5 saturated heterocycles. The molecule has 1 unspecified atom stereocenters. The van der Waals surface area contributed by atoms with E-state index in [0.29, 0.717) is 49.1 Å². The summed E-state index contributed by atoms with van der Waals surface area (Å²) in [5.74, 6) is 2.86. The number of carbonyl (C=O) groups is 3. The van der Waals surface area contributed by atoms with Crippen LogP contribution in [0.15, 0.2) is 54.6 Å². The Labute approximate surface area is 400 Å². The number of aromatic hydroxyl groups is 1. The van der Waals surface area contributed by atoms with Gasteiger partial charge >= 0.3 is 6.03 Å². The van der Waals surface area contributed by atoms with Crippen molar-refractivity contribution in [1.82, 2.24) is 45.3 Å². The van der Waals surface area contributed by atoms with E-state index in [1.807, 2.05) is 63.2 Å². The van der Waals surface area contributed by atoms with Crippen LogP contribution in [0.5, 0.6) is 5.75 Å². The fourth-order valence-electron chi connectivity index (χ4n) is 11.2. The minimum atomic E-state index is -0.919. The third-order valence-corrected chi connectivity index (χ3v) is 15.1. The van der Waals surface area contributed by atoms with Crippen LogP contribution in [0.1, 0.15) is 64.0 Å². The molecule has 5 fully saturated rings. The van der Waals surface area contributed by atoms with Crippen LogP contribution >= 0.6 is 0 Å². The SMILES string of the molecule is C#Cc1ccc(CNC(=O)[C@@H]2C[C@@H](O)CN2C(=O)[C@@H](NC(=O)N2CCO[C@H](CN3CCC(N4CCC(N5CCN6c7cc(-c8ccccc8O)nnc7NCC6C5)CC4)CC3)C2)C(C)(C)C)cc1. The Balaban J connectivity index is 0.713. The number of hydrogen-bond acceptors (Lipinski definition) is 13. The summed E-state index contributed by atoms with van der Waals surface area (Å²) >= 11 is 0. The number of benzene rings is 2. The number of carbonyl (C=O) groups excluding carboxylic acids is 3. The van der Waals surface area contributed by atoms with E-state index in [4.69, 9.17) is 11.2 Å². The van der Waals surface area contributed by atoms with Gasteiger partial charge in [0.15, 0.2) is 5.82 Å². The van der Waals surface area contributed by atoms with Gasteiger partial charge in [-0.1, -0.05) is 51.0 Å². The number of fused-ring (bicyclic) bond motifs is 3. The van der Waals surface area contributed by atoms with E-state index < -0.39 is 23.6 Å². The summed E-state index contributed by atoms with van der Waals surface area (Å²) in [6.45, 7) is 16.0. The van der Waals surface area contributed by atoms with Gasteiger partial charge in [0.2, 0.25) is 11.8 Å². The fraction of sp³-hybridized carbons (Fsp3) is 0.588. The predicted octanol–water partition coefficient (Wildman–Crippen LogP) is 2.78. The van der Waals surface area contributed by atoms with Crippen LogP contribution in [0.2, 0.25) is 0 Å². The zero-order chi connectivity index (χ0) is 47.5. The van der Waals surface area contributed by atoms with Crippen molar-refractivity contribution in [2.45, 2.75) is 102 Å². The molecule has 1 aromatic heterocycles. The van der Waals surface area contributed by atoms with Crippen LogP contribution in [-0.4, -0.2) is 190 Å². The minimum absolute atomic E-state index is 0.0135. The zero-order valence-electron chi connectivity index (χ0n) is 39.9. The summed E-state index contributed by atoms with van der Waals surface area (Å²) in [7, 11) is 0. The maximum atomic E-state index is 14.2. The summed E-state index contributed by atoms with van der Waals surface area (Å²) < 4.78 is 6.22. The van der Waals surface area contributed by atoms with E-state index in [0.717, 1.165) is 94.4 Å². The topological polar surface area (TPSA) is 182 Å². The lowest BCUT2D eigenvalue weighted by molar-refractivity contribution is -0.142. The first-order valence-electron chi connectivity index (χ1n) is 24.7. The molecule has 7 heterocycles. The molecular formula is C51H69N11O6. The molecule has 0 radical (unpaired) electrons. The molecule has 17 heteroatoms. The number of aliphatic hydroxyl groups is 1. The van der Waals surface area contributed by atoms with Gasteiger partial charge in [-0.2, -0.15) is 0 Å². The molecule has 4 amide bonds. The van der Waals surface area contributed by atoms with Crippen LogP contribution in [0.4, 0.5) is 16.3 Å². The number of aliphatic hydroxyl groups excluding tert-OH is 1. The van der Waals surface area contributed by atoms with Crippen LogP contribution in [0.3, 0.4) is 0 Å². The number of hydrogen-bond donors (Lipinski definition) is 5. The lowest BCUT2D eigenvalue weighted by Gasteiger charge is -2.50. The Bertz CT molecular complexity index is 2300. The number of phenols is 1. The van der Waals surface area contributed by atoms with Crippen molar-refractivity contribution < 1.29 is 29.3 Å². The van der Waals surface area contributed by atoms with E-state index in [2.05, 4.69) is 57.7 Å². The second-order valence-corrected chi connectivity index (χ2v) is 20.6. The molecule has 6 aliphatic heterocycles. The van der Waals surface area contributed by atoms with Crippen LogP contribution in [0.25, 0.3) is 11.3 Å². The number of phenolic OH excluding ortho intramolecular Hbond substituents is 1. The van der Waals surface area contributed by atoms with Crippen molar-refractivity contribution >= 4 is 29.4 Å². The van der Waals surface area contributed by atoms with Gasteiger partial charge in [-0.15, -0.1) is 16.6 Å². The largest absolute Gasteiger partial charge is 0.507 e. The third-order valence-electron chi connectivity index (χ3n) is 15.1. The van der Waals surface area contributed by atoms with Crippen molar-refractivity contribution in [2.24, 2.45) is 5.41 Å². The Morgan fingerprint density at radius 1 is 0.897 bits per heavy atom. The highest BCUT2D eigenvalue weighted by Crippen LogP contribution is 2.37. The molecule has 364 valence electrons. The molecule has 5 N–H and O–H groups in total. The number of rotatable bonds is 10. The molecule has 0 bridgehead atoms. The molecule has 0 spiro atoms. The van der Waals surface area contributed by atoms with Gasteiger partial charge in [0.05, 0.1) is 36.2 Å². The first-order chi connectivity index (χ1) is 32.8. The second kappa shape index (κ2) is 20.6. The zero-order valence-corrected chi connectivity index (χ0v) is 39.9. The lowest BCUT2D eigenvalue weighted by atomic mass is 9.85. The summed E-state index contributed by atoms with van der Waals surface area (Å²) in [6, 6.07) is 16.0. The first kappa shape index (κ1) is 47.6. The minimum Gasteiger partial charge on any atom is -0.507 e. The summed E-state index contributed by atoms with van der Waals surface area (Å²) in [5.41, 5.74) is 3.38. The number of para-hydroxylation sites is 1. The number of anilines is 2. The number of nitrogens with one attached hydrogen (secondary N) is 3. The quantitative estimate of drug-likeness (QED) is 0.188. The third kappa shape index (κ3) is 10.7. The van der Waals surface area contributed by atoms with E-state index in [9.17, 15) is 24.6 Å². The number of ether oxygens (including phenoxy) is 1. The highest BCUT2D eigenvalue weighted by atomic mass is 16.5. The molecule has 9 rings (SSSR count). The van der Waals surface area contributed by atoms with E-state index in [-0.39, 0.29) is 49.2 Å². The van der Waals surface area contributed by atoms with E-state index in [1.165, 1.54) is 17.7 Å². The van der Waals surface area contributed by atoms with Crippen LogP contribution < -0.4 is 20.9 Å². The van der Waals surface area contributed by atoms with Crippen molar-refractivity contribution in [3.63, 3.8) is 0 Å². The number of nitrogens with zero attached hydrogens (tertiary/aromatic N) is 8. The number of amides is 4. The monoisotopic (exact) mass is 932 g/mol. The molecule has 17 nitrogen and oxygen atoms in total. The molecule has 5 atom stereocenters. The van der Waals surface area contributed by atoms with E-state index in [1.54, 1.807) is 11.0 Å². The van der Waals surface area contributed by atoms with Gasteiger partial charge in [0.1, 0.15) is 17.8 Å². The average molecular weight is 932 g/mol. The number of urea groups is 1. The van der Waals surface area contributed by atoms with Crippen molar-refractivity contribution in [3.8, 4) is 29.4 Å². The maximum Gasteiger partial charge on any atom is 0.318 e. The van der Waals surface area contributed by atoms with Gasteiger partial charge in [-0.3, -0.25) is 14.5 Å². The Kier molecular flexibility index (Phi) is 14.4. The number of β-amino-alcohol motifs (C(OH)–C–C–N with tert-alkyl or cyclic N) is 1. The van der Waals surface area contributed by atoms with Gasteiger partial charge in [-0.25, -0.2) is 4.79 Å². The van der Waals surface area contributed by atoms with Crippen molar-refractivity contribution in [3.05, 3.63) is 65.7 Å². The van der Waals surface area contributed by atoms with Crippen molar-refractivity contribution in [1.29, 1.82) is 0 Å². The average Bonchev–Trinajstić information content (AvgIpc) is 3.76. The number of aromatic nitrogens is 2. The van der Waals surface area contributed by atoms with Crippen LogP contribution in [0, 0.1) is 17.8 Å². The molecule has 3 aromatic rings. The highest BCUT2D eigenvalue weighted by Gasteiger charge is 2.45. The maximum absolute atomic E-state index is 14.2. The molecule has 68 heavy (non-hydrogen) atoms. The summed E-state index contributed by atoms with van der Waals surface area (Å²) in [4.78, 5) is 55.1. The standard InChI is InChI=1S/C51H69N11O6/c1-5-34-10-12-35(13-11-34)28-53-48(65)44-26-39(63)31-62(44)49(66)46(51(2,3)4)54-50(67)60-24-25-68-40(33-60)32-57-18-14-36(15-19-57)58-20-16-37(17-21-58)59-22-23-61-38(30-59)29-52-47-43(61)27-42(55-56-47)41-8-6-7-9-45(41)64/h1,6-13,27,36-40,44,46,63-64H,14-26,28-33H2,2-4H3,(H,52,56)(H,53,65)(H,54,67)/t38?,39-,40-,44+,46-/m1/s1.